The van der Waals surface area contributed by atoms with Gasteiger partial charge in [0.25, 0.3) is 0 Å². The van der Waals surface area contributed by atoms with Gasteiger partial charge in [-0.3, -0.25) is 14.2 Å². The number of aromatic nitrogens is 4. The first-order valence-electron chi connectivity index (χ1n) is 5.54. The van der Waals surface area contributed by atoms with E-state index in [9.17, 15) is 4.79 Å². The third-order valence-electron chi connectivity index (χ3n) is 2.69. The van der Waals surface area contributed by atoms with Gasteiger partial charge in [0.05, 0.1) is 22.9 Å². The van der Waals surface area contributed by atoms with Gasteiger partial charge in [0.15, 0.2) is 0 Å². The number of aryl methyl sites for hydroxylation is 2. The Morgan fingerprint density at radius 1 is 1.50 bits per heavy atom. The lowest BCUT2D eigenvalue weighted by Crippen LogP contribution is -2.24. The van der Waals surface area contributed by atoms with Crippen LogP contribution in [-0.2, 0) is 13.6 Å². The largest absolute Gasteiger partial charge is 0.317 e. The third-order valence-corrected chi connectivity index (χ3v) is 3.27. The number of carbonyl (C=O) groups excluding carboxylic acids is 1. The molecule has 2 rings (SSSR count). The minimum absolute atomic E-state index is 0.172. The Morgan fingerprint density at radius 3 is 2.78 bits per heavy atom. The van der Waals surface area contributed by atoms with Gasteiger partial charge < -0.3 is 5.73 Å². The lowest BCUT2D eigenvalue weighted by molar-refractivity contribution is 0.0950. The molecular formula is C11H14BrN5O. The minimum atomic E-state index is -0.725. The summed E-state index contributed by atoms with van der Waals surface area (Å²) in [4.78, 5) is 12.4. The maximum atomic E-state index is 12.4. The molecule has 0 saturated carbocycles. The van der Waals surface area contributed by atoms with Gasteiger partial charge in [-0.2, -0.15) is 10.2 Å². The number of halogens is 1. The van der Waals surface area contributed by atoms with Gasteiger partial charge in [0.2, 0.25) is 5.78 Å². The smallest absolute Gasteiger partial charge is 0.203 e. The topological polar surface area (TPSA) is 78.7 Å². The summed E-state index contributed by atoms with van der Waals surface area (Å²) in [6.07, 6.45) is 4.94. The Bertz CT molecular complexity index is 574. The van der Waals surface area contributed by atoms with Crippen LogP contribution in [-0.4, -0.2) is 25.3 Å². The van der Waals surface area contributed by atoms with Gasteiger partial charge in [-0.25, -0.2) is 0 Å². The number of Topliss-reactive ketones (excluding diaryl/α,β-unsaturated/α-hetero) is 1. The highest BCUT2D eigenvalue weighted by Gasteiger charge is 2.24. The Morgan fingerprint density at radius 2 is 2.22 bits per heavy atom. The highest BCUT2D eigenvalue weighted by Crippen LogP contribution is 2.22. The van der Waals surface area contributed by atoms with Crippen LogP contribution in [0, 0.1) is 0 Å². The molecule has 0 aliphatic carbocycles. The maximum Gasteiger partial charge on any atom is 0.203 e. The molecule has 0 aliphatic heterocycles. The average molecular weight is 312 g/mol. The van der Waals surface area contributed by atoms with Crippen molar-refractivity contribution in [2.75, 3.05) is 0 Å². The number of hydrogen-bond donors (Lipinski definition) is 1. The summed E-state index contributed by atoms with van der Waals surface area (Å²) in [6.45, 7) is 2.54. The number of hydrogen-bond acceptors (Lipinski definition) is 4. The van der Waals surface area contributed by atoms with Crippen molar-refractivity contribution in [3.8, 4) is 0 Å². The van der Waals surface area contributed by atoms with E-state index in [1.807, 2.05) is 6.92 Å². The van der Waals surface area contributed by atoms with Gasteiger partial charge >= 0.3 is 0 Å². The van der Waals surface area contributed by atoms with Gasteiger partial charge in [-0.05, 0) is 22.9 Å². The molecule has 2 aromatic rings. The Labute approximate surface area is 113 Å². The van der Waals surface area contributed by atoms with E-state index in [1.165, 1.54) is 0 Å². The number of carbonyl (C=O) groups is 1. The monoisotopic (exact) mass is 311 g/mol. The molecule has 96 valence electrons. The van der Waals surface area contributed by atoms with Crippen molar-refractivity contribution in [2.24, 2.45) is 12.8 Å². The first kappa shape index (κ1) is 13.0. The summed E-state index contributed by atoms with van der Waals surface area (Å²) in [6, 6.07) is -0.725. The van der Waals surface area contributed by atoms with Crippen LogP contribution >= 0.6 is 15.9 Å². The van der Waals surface area contributed by atoms with E-state index in [-0.39, 0.29) is 5.78 Å². The van der Waals surface area contributed by atoms with Crippen LogP contribution < -0.4 is 5.73 Å². The van der Waals surface area contributed by atoms with Crippen LogP contribution in [0.1, 0.15) is 29.0 Å². The molecule has 0 bridgehead atoms. The van der Waals surface area contributed by atoms with E-state index in [0.29, 0.717) is 22.3 Å². The highest BCUT2D eigenvalue weighted by atomic mass is 79.9. The van der Waals surface area contributed by atoms with Gasteiger partial charge in [-0.1, -0.05) is 0 Å². The molecule has 0 saturated heterocycles. The van der Waals surface area contributed by atoms with Crippen molar-refractivity contribution in [1.29, 1.82) is 0 Å². The molecule has 18 heavy (non-hydrogen) atoms. The van der Waals surface area contributed by atoms with Gasteiger partial charge in [0.1, 0.15) is 5.69 Å². The molecule has 0 aromatic carbocycles. The molecule has 2 N–H and O–H groups in total. The van der Waals surface area contributed by atoms with Crippen LogP contribution in [0.15, 0.2) is 23.1 Å². The van der Waals surface area contributed by atoms with Crippen LogP contribution in [0.4, 0.5) is 0 Å². The predicted molar refractivity (Wildman–Crippen MR) is 70.1 cm³/mol. The van der Waals surface area contributed by atoms with Crippen molar-refractivity contribution in [1.82, 2.24) is 19.6 Å². The number of nitrogens with two attached hydrogens (primary N) is 1. The zero-order valence-electron chi connectivity index (χ0n) is 10.2. The fraction of sp³-hybridized carbons (Fsp3) is 0.364. The Kier molecular flexibility index (Phi) is 3.63. The van der Waals surface area contributed by atoms with E-state index in [4.69, 9.17) is 5.73 Å². The van der Waals surface area contributed by atoms with Gasteiger partial charge in [-0.15, -0.1) is 0 Å². The van der Waals surface area contributed by atoms with Crippen LogP contribution in [0.3, 0.4) is 0 Å². The van der Waals surface area contributed by atoms with Crippen LogP contribution in [0.2, 0.25) is 0 Å². The van der Waals surface area contributed by atoms with E-state index < -0.39 is 6.04 Å². The summed E-state index contributed by atoms with van der Waals surface area (Å²) < 4.78 is 3.91. The SMILES string of the molecule is CCn1ncc(Br)c1C(=O)C(N)c1cnn(C)c1. The molecule has 0 spiro atoms. The molecule has 0 amide bonds. The van der Waals surface area contributed by atoms with Gasteiger partial charge in [0, 0.05) is 25.4 Å². The fourth-order valence-electron chi connectivity index (χ4n) is 1.75. The zero-order chi connectivity index (χ0) is 13.3. The molecule has 7 heteroatoms. The fourth-order valence-corrected chi connectivity index (χ4v) is 2.24. The second kappa shape index (κ2) is 5.03. The second-order valence-corrected chi connectivity index (χ2v) is 4.80. The van der Waals surface area contributed by atoms with Crippen molar-refractivity contribution in [3.05, 3.63) is 34.3 Å². The quantitative estimate of drug-likeness (QED) is 0.863. The van der Waals surface area contributed by atoms with E-state index in [1.54, 1.807) is 35.0 Å². The van der Waals surface area contributed by atoms with E-state index >= 15 is 0 Å². The summed E-state index contributed by atoms with van der Waals surface area (Å²) >= 11 is 3.32. The summed E-state index contributed by atoms with van der Waals surface area (Å²) in [7, 11) is 1.78. The molecular weight excluding hydrogens is 298 g/mol. The first-order valence-corrected chi connectivity index (χ1v) is 6.33. The average Bonchev–Trinajstić information content (AvgIpc) is 2.93. The summed E-state index contributed by atoms with van der Waals surface area (Å²) in [5.41, 5.74) is 7.16. The molecule has 1 unspecified atom stereocenters. The minimum Gasteiger partial charge on any atom is -0.317 e. The Hall–Kier alpha value is -1.47. The third kappa shape index (κ3) is 2.23. The second-order valence-electron chi connectivity index (χ2n) is 3.95. The molecule has 6 nitrogen and oxygen atoms in total. The molecule has 0 radical (unpaired) electrons. The van der Waals surface area contributed by atoms with Crippen LogP contribution in [0.5, 0.6) is 0 Å². The first-order chi connectivity index (χ1) is 8.54. The number of rotatable bonds is 4. The van der Waals surface area contributed by atoms with E-state index in [2.05, 4.69) is 26.1 Å². The summed E-state index contributed by atoms with van der Waals surface area (Å²) in [5, 5.41) is 8.13. The normalized spacial score (nSPS) is 12.7. The highest BCUT2D eigenvalue weighted by molar-refractivity contribution is 9.10. The molecule has 0 fully saturated rings. The van der Waals surface area contributed by atoms with Crippen molar-refractivity contribution < 1.29 is 4.79 Å². The predicted octanol–water partition coefficient (Wildman–Crippen LogP) is 1.28. The van der Waals surface area contributed by atoms with Crippen molar-refractivity contribution in [2.45, 2.75) is 19.5 Å². The Balaban J connectivity index is 2.33. The standard InChI is InChI=1S/C11H14BrN5O/c1-3-17-10(8(12)5-15-17)11(18)9(13)7-4-14-16(2)6-7/h4-6,9H,3,13H2,1-2H3. The summed E-state index contributed by atoms with van der Waals surface area (Å²) in [5.74, 6) is -0.172. The van der Waals surface area contributed by atoms with Crippen LogP contribution in [0.25, 0.3) is 0 Å². The van der Waals surface area contributed by atoms with E-state index in [0.717, 1.165) is 0 Å². The van der Waals surface area contributed by atoms with Crippen molar-refractivity contribution in [3.63, 3.8) is 0 Å². The molecule has 2 heterocycles. The molecule has 1 atom stereocenters. The lowest BCUT2D eigenvalue weighted by Gasteiger charge is -2.10. The molecule has 2 aromatic heterocycles. The number of ketones is 1. The number of nitrogens with zero attached hydrogens (tertiary/aromatic N) is 4. The van der Waals surface area contributed by atoms with Crippen molar-refractivity contribution >= 4 is 21.7 Å². The lowest BCUT2D eigenvalue weighted by atomic mass is 10.1. The molecule has 0 aliphatic rings. The zero-order valence-corrected chi connectivity index (χ0v) is 11.8. The maximum absolute atomic E-state index is 12.4.